The van der Waals surface area contributed by atoms with Crippen LogP contribution in [-0.2, 0) is 19.1 Å². The molecule has 4 nitrogen and oxygen atoms in total. The largest absolute Gasteiger partial charge is 0.466 e. The van der Waals surface area contributed by atoms with Crippen molar-refractivity contribution in [2.24, 2.45) is 11.3 Å². The normalized spacial score (nSPS) is 21.9. The van der Waals surface area contributed by atoms with Crippen molar-refractivity contribution in [1.29, 1.82) is 0 Å². The van der Waals surface area contributed by atoms with Crippen LogP contribution in [0.3, 0.4) is 0 Å². The molecule has 1 aliphatic rings. The van der Waals surface area contributed by atoms with Crippen LogP contribution in [0.1, 0.15) is 72.6 Å². The molecule has 0 amide bonds. The number of esters is 2. The average Bonchev–Trinajstić information content (AvgIpc) is 2.47. The summed E-state index contributed by atoms with van der Waals surface area (Å²) >= 11 is 0. The predicted octanol–water partition coefficient (Wildman–Crippen LogP) is 4.43. The summed E-state index contributed by atoms with van der Waals surface area (Å²) in [6, 6.07) is 0. The first-order valence-corrected chi connectivity index (χ1v) is 8.95. The molecule has 4 heteroatoms. The zero-order valence-electron chi connectivity index (χ0n) is 15.2. The van der Waals surface area contributed by atoms with E-state index in [0.717, 1.165) is 32.1 Å². The summed E-state index contributed by atoms with van der Waals surface area (Å²) in [4.78, 5) is 23.3. The zero-order valence-corrected chi connectivity index (χ0v) is 15.2. The van der Waals surface area contributed by atoms with Gasteiger partial charge in [0.25, 0.3) is 0 Å². The first-order chi connectivity index (χ1) is 10.9. The van der Waals surface area contributed by atoms with Crippen LogP contribution < -0.4 is 0 Å². The molecule has 1 saturated carbocycles. The number of carbonyl (C=O) groups excluding carboxylic acids is 2. The number of rotatable bonds is 8. The molecule has 0 heterocycles. The minimum atomic E-state index is -0.228. The van der Waals surface area contributed by atoms with E-state index in [1.54, 1.807) is 6.08 Å². The standard InChI is InChI=1S/C19H32O4/c1-5-22-17(20)12-8-7-10-15-11-9-13-19(3,4)16(15)14-18(21)23-6-2/h14-15H,5-13H2,1-4H3/b16-14+. The number of hydrogen-bond donors (Lipinski definition) is 0. The number of unbranched alkanes of at least 4 members (excludes halogenated alkanes) is 1. The molecule has 0 aromatic carbocycles. The van der Waals surface area contributed by atoms with Crippen molar-refractivity contribution < 1.29 is 19.1 Å². The Morgan fingerprint density at radius 1 is 1.17 bits per heavy atom. The molecule has 0 N–H and O–H groups in total. The summed E-state index contributed by atoms with van der Waals surface area (Å²) in [6.07, 6.45) is 8.48. The van der Waals surface area contributed by atoms with Crippen molar-refractivity contribution in [3.63, 3.8) is 0 Å². The number of carbonyl (C=O) groups is 2. The Kier molecular flexibility index (Phi) is 8.35. The van der Waals surface area contributed by atoms with Gasteiger partial charge in [-0.05, 0) is 50.9 Å². The van der Waals surface area contributed by atoms with E-state index in [4.69, 9.17) is 9.47 Å². The third kappa shape index (κ3) is 6.76. The lowest BCUT2D eigenvalue weighted by molar-refractivity contribution is -0.143. The van der Waals surface area contributed by atoms with Gasteiger partial charge in [-0.25, -0.2) is 4.79 Å². The summed E-state index contributed by atoms with van der Waals surface area (Å²) in [5, 5.41) is 0. The Morgan fingerprint density at radius 2 is 1.87 bits per heavy atom. The fourth-order valence-electron chi connectivity index (χ4n) is 3.46. The fraction of sp³-hybridized carbons (Fsp3) is 0.789. The molecule has 1 atom stereocenters. The molecule has 0 aromatic heterocycles. The Morgan fingerprint density at radius 3 is 2.52 bits per heavy atom. The van der Waals surface area contributed by atoms with E-state index in [0.29, 0.717) is 25.6 Å². The Labute approximate surface area is 140 Å². The molecule has 132 valence electrons. The highest BCUT2D eigenvalue weighted by Crippen LogP contribution is 2.45. The molecule has 23 heavy (non-hydrogen) atoms. The van der Waals surface area contributed by atoms with Crippen LogP contribution in [0.5, 0.6) is 0 Å². The quantitative estimate of drug-likeness (QED) is 0.376. The van der Waals surface area contributed by atoms with E-state index < -0.39 is 0 Å². The maximum Gasteiger partial charge on any atom is 0.330 e. The monoisotopic (exact) mass is 324 g/mol. The van der Waals surface area contributed by atoms with Crippen molar-refractivity contribution in [1.82, 2.24) is 0 Å². The van der Waals surface area contributed by atoms with Crippen LogP contribution in [-0.4, -0.2) is 25.2 Å². The average molecular weight is 324 g/mol. The van der Waals surface area contributed by atoms with Gasteiger partial charge in [0.05, 0.1) is 13.2 Å². The molecule has 1 unspecified atom stereocenters. The van der Waals surface area contributed by atoms with Gasteiger partial charge in [-0.15, -0.1) is 0 Å². The van der Waals surface area contributed by atoms with E-state index in [1.165, 1.54) is 12.0 Å². The Balaban J connectivity index is 2.59. The van der Waals surface area contributed by atoms with Crippen LogP contribution in [0.25, 0.3) is 0 Å². The van der Waals surface area contributed by atoms with Crippen LogP contribution in [0, 0.1) is 11.3 Å². The maximum absolute atomic E-state index is 11.9. The van der Waals surface area contributed by atoms with Crippen LogP contribution in [0.4, 0.5) is 0 Å². The van der Waals surface area contributed by atoms with E-state index in [9.17, 15) is 9.59 Å². The molecular weight excluding hydrogens is 292 g/mol. The fourth-order valence-corrected chi connectivity index (χ4v) is 3.46. The lowest BCUT2D eigenvalue weighted by atomic mass is 9.66. The van der Waals surface area contributed by atoms with Crippen molar-refractivity contribution >= 4 is 11.9 Å². The van der Waals surface area contributed by atoms with Gasteiger partial charge in [-0.2, -0.15) is 0 Å². The molecule has 1 rings (SSSR count). The van der Waals surface area contributed by atoms with Crippen molar-refractivity contribution in [2.45, 2.75) is 72.6 Å². The molecule has 1 fully saturated rings. The van der Waals surface area contributed by atoms with Crippen molar-refractivity contribution in [2.75, 3.05) is 13.2 Å². The lowest BCUT2D eigenvalue weighted by Crippen LogP contribution is -2.27. The maximum atomic E-state index is 11.9. The summed E-state index contributed by atoms with van der Waals surface area (Å²) in [6.45, 7) is 8.94. The third-order valence-corrected chi connectivity index (χ3v) is 4.62. The highest BCUT2D eigenvalue weighted by atomic mass is 16.5. The smallest absolute Gasteiger partial charge is 0.330 e. The van der Waals surface area contributed by atoms with E-state index in [2.05, 4.69) is 13.8 Å². The van der Waals surface area contributed by atoms with Gasteiger partial charge < -0.3 is 9.47 Å². The molecule has 1 aliphatic carbocycles. The van der Waals surface area contributed by atoms with Gasteiger partial charge in [-0.3, -0.25) is 4.79 Å². The molecule has 0 radical (unpaired) electrons. The lowest BCUT2D eigenvalue weighted by Gasteiger charge is -2.39. The minimum absolute atomic E-state index is 0.0524. The van der Waals surface area contributed by atoms with Crippen molar-refractivity contribution in [3.8, 4) is 0 Å². The summed E-state index contributed by atoms with van der Waals surface area (Å²) < 4.78 is 10.0. The number of allylic oxidation sites excluding steroid dienone is 1. The van der Waals surface area contributed by atoms with Gasteiger partial charge in [0.2, 0.25) is 0 Å². The van der Waals surface area contributed by atoms with Crippen LogP contribution in [0.15, 0.2) is 11.6 Å². The van der Waals surface area contributed by atoms with Gasteiger partial charge in [0.1, 0.15) is 0 Å². The number of ether oxygens (including phenoxy) is 2. The Bertz CT molecular complexity index is 423. The minimum Gasteiger partial charge on any atom is -0.466 e. The van der Waals surface area contributed by atoms with Gasteiger partial charge >= 0.3 is 11.9 Å². The Hall–Kier alpha value is -1.32. The number of hydrogen-bond acceptors (Lipinski definition) is 4. The molecule has 0 saturated heterocycles. The predicted molar refractivity (Wildman–Crippen MR) is 90.9 cm³/mol. The summed E-state index contributed by atoms with van der Waals surface area (Å²) in [5.41, 5.74) is 1.27. The van der Waals surface area contributed by atoms with Gasteiger partial charge in [0, 0.05) is 12.5 Å². The second-order valence-electron chi connectivity index (χ2n) is 6.88. The van der Waals surface area contributed by atoms with Gasteiger partial charge in [0.15, 0.2) is 0 Å². The molecule has 0 spiro atoms. The molecule has 0 bridgehead atoms. The zero-order chi connectivity index (χ0) is 17.3. The summed E-state index contributed by atoms with van der Waals surface area (Å²) in [5.74, 6) is 0.0816. The van der Waals surface area contributed by atoms with Crippen molar-refractivity contribution in [3.05, 3.63) is 11.6 Å². The first-order valence-electron chi connectivity index (χ1n) is 8.95. The molecule has 0 aliphatic heterocycles. The highest BCUT2D eigenvalue weighted by molar-refractivity contribution is 5.83. The van der Waals surface area contributed by atoms with Crippen LogP contribution >= 0.6 is 0 Å². The van der Waals surface area contributed by atoms with Gasteiger partial charge in [-0.1, -0.05) is 32.3 Å². The van der Waals surface area contributed by atoms with Crippen LogP contribution in [0.2, 0.25) is 0 Å². The second-order valence-corrected chi connectivity index (χ2v) is 6.88. The second kappa shape index (κ2) is 9.74. The molecular formula is C19H32O4. The third-order valence-electron chi connectivity index (χ3n) is 4.62. The van der Waals surface area contributed by atoms with E-state index in [-0.39, 0.29) is 17.4 Å². The van der Waals surface area contributed by atoms with E-state index in [1.807, 2.05) is 13.8 Å². The highest BCUT2D eigenvalue weighted by Gasteiger charge is 2.33. The summed E-state index contributed by atoms with van der Waals surface area (Å²) in [7, 11) is 0. The molecule has 0 aromatic rings. The first kappa shape index (κ1) is 19.7. The van der Waals surface area contributed by atoms with E-state index >= 15 is 0 Å². The topological polar surface area (TPSA) is 52.6 Å². The SMILES string of the molecule is CCOC(=O)/C=C1\C(CCCCC(=O)OCC)CCCC1(C)C.